The Hall–Kier alpha value is -2.50. The van der Waals surface area contributed by atoms with E-state index in [0.717, 1.165) is 17.7 Å². The molecule has 1 aromatic carbocycles. The van der Waals surface area contributed by atoms with Crippen molar-refractivity contribution in [2.24, 2.45) is 0 Å². The molecule has 0 radical (unpaired) electrons. The third-order valence-electron chi connectivity index (χ3n) is 3.25. The first kappa shape index (κ1) is 13.5. The molecule has 6 nitrogen and oxygen atoms in total. The number of para-hydroxylation sites is 1. The standard InChI is InChI=1S/C15H16N2O4/c1-10-8-15(17-21-10)20-9-14(18)16-12-6-7-19-13-5-3-2-4-11(12)13/h2-5,8,12H,6-7,9H2,1H3,(H,16,18)/t12-/m0/s1. The first-order valence-corrected chi connectivity index (χ1v) is 6.79. The number of hydrogen-bond acceptors (Lipinski definition) is 5. The predicted octanol–water partition coefficient (Wildman–Crippen LogP) is 2.00. The number of nitrogens with one attached hydrogen (secondary N) is 1. The van der Waals surface area contributed by atoms with Crippen LogP contribution in [0, 0.1) is 6.92 Å². The van der Waals surface area contributed by atoms with Crippen LogP contribution >= 0.6 is 0 Å². The molecule has 3 rings (SSSR count). The van der Waals surface area contributed by atoms with Crippen molar-refractivity contribution in [3.8, 4) is 11.6 Å². The van der Waals surface area contributed by atoms with Gasteiger partial charge in [-0.3, -0.25) is 4.79 Å². The van der Waals surface area contributed by atoms with E-state index in [1.54, 1.807) is 13.0 Å². The predicted molar refractivity (Wildman–Crippen MR) is 74.2 cm³/mol. The average Bonchev–Trinajstić information content (AvgIpc) is 2.91. The Balaban J connectivity index is 1.58. The number of rotatable bonds is 4. The van der Waals surface area contributed by atoms with Crippen molar-refractivity contribution in [3.63, 3.8) is 0 Å². The summed E-state index contributed by atoms with van der Waals surface area (Å²) in [6, 6.07) is 9.30. The number of aromatic nitrogens is 1. The summed E-state index contributed by atoms with van der Waals surface area (Å²) in [5.74, 6) is 1.58. The molecule has 1 N–H and O–H groups in total. The Morgan fingerprint density at radius 3 is 3.14 bits per heavy atom. The van der Waals surface area contributed by atoms with Gasteiger partial charge in [0.2, 0.25) is 0 Å². The van der Waals surface area contributed by atoms with E-state index in [0.29, 0.717) is 18.2 Å². The highest BCUT2D eigenvalue weighted by atomic mass is 16.5. The summed E-state index contributed by atoms with van der Waals surface area (Å²) in [7, 11) is 0. The van der Waals surface area contributed by atoms with Crippen molar-refractivity contribution in [3.05, 3.63) is 41.7 Å². The summed E-state index contributed by atoms with van der Waals surface area (Å²) < 4.78 is 15.7. The smallest absolute Gasteiger partial charge is 0.258 e. The third-order valence-corrected chi connectivity index (χ3v) is 3.25. The molecule has 1 aliphatic rings. The van der Waals surface area contributed by atoms with Crippen LogP contribution in [0.5, 0.6) is 11.6 Å². The fourth-order valence-electron chi connectivity index (χ4n) is 2.28. The molecule has 1 aliphatic heterocycles. The number of carbonyl (C=O) groups excluding carboxylic acids is 1. The fourth-order valence-corrected chi connectivity index (χ4v) is 2.28. The van der Waals surface area contributed by atoms with Gasteiger partial charge in [-0.15, -0.1) is 0 Å². The van der Waals surface area contributed by atoms with E-state index >= 15 is 0 Å². The van der Waals surface area contributed by atoms with E-state index < -0.39 is 0 Å². The Labute approximate surface area is 122 Å². The van der Waals surface area contributed by atoms with Gasteiger partial charge in [0.1, 0.15) is 11.5 Å². The molecule has 1 aromatic heterocycles. The molecular formula is C15H16N2O4. The summed E-state index contributed by atoms with van der Waals surface area (Å²) in [4.78, 5) is 12.0. The molecular weight excluding hydrogens is 272 g/mol. The maximum Gasteiger partial charge on any atom is 0.258 e. The quantitative estimate of drug-likeness (QED) is 0.931. The van der Waals surface area contributed by atoms with Gasteiger partial charge in [-0.05, 0) is 18.1 Å². The average molecular weight is 288 g/mol. The van der Waals surface area contributed by atoms with Crippen LogP contribution in [0.4, 0.5) is 0 Å². The fraction of sp³-hybridized carbons (Fsp3) is 0.333. The van der Waals surface area contributed by atoms with Crippen molar-refractivity contribution in [1.29, 1.82) is 0 Å². The second-order valence-corrected chi connectivity index (χ2v) is 4.86. The number of hydrogen-bond donors (Lipinski definition) is 1. The van der Waals surface area contributed by atoms with E-state index in [2.05, 4.69) is 10.5 Å². The molecule has 2 heterocycles. The van der Waals surface area contributed by atoms with Gasteiger partial charge in [0.25, 0.3) is 11.8 Å². The van der Waals surface area contributed by atoms with Crippen LogP contribution in [0.2, 0.25) is 0 Å². The van der Waals surface area contributed by atoms with Crippen molar-refractivity contribution in [1.82, 2.24) is 10.5 Å². The number of fused-ring (bicyclic) bond motifs is 1. The largest absolute Gasteiger partial charge is 0.493 e. The van der Waals surface area contributed by atoms with Gasteiger partial charge in [0.15, 0.2) is 6.61 Å². The molecule has 21 heavy (non-hydrogen) atoms. The summed E-state index contributed by atoms with van der Waals surface area (Å²) >= 11 is 0. The van der Waals surface area contributed by atoms with Gasteiger partial charge < -0.3 is 19.3 Å². The van der Waals surface area contributed by atoms with E-state index in [1.807, 2.05) is 24.3 Å². The topological polar surface area (TPSA) is 73.6 Å². The Kier molecular flexibility index (Phi) is 3.77. The van der Waals surface area contributed by atoms with Crippen LogP contribution in [-0.2, 0) is 4.79 Å². The minimum atomic E-state index is -0.197. The SMILES string of the molecule is Cc1cc(OCC(=O)N[C@H]2CCOc3ccccc32)no1. The highest BCUT2D eigenvalue weighted by molar-refractivity contribution is 5.78. The van der Waals surface area contributed by atoms with Crippen molar-refractivity contribution in [2.45, 2.75) is 19.4 Å². The lowest BCUT2D eigenvalue weighted by Gasteiger charge is -2.26. The molecule has 0 unspecified atom stereocenters. The molecule has 110 valence electrons. The van der Waals surface area contributed by atoms with Crippen molar-refractivity contribution < 1.29 is 18.8 Å². The monoisotopic (exact) mass is 288 g/mol. The number of carbonyl (C=O) groups is 1. The number of benzene rings is 1. The van der Waals surface area contributed by atoms with Crippen LogP contribution in [0.15, 0.2) is 34.9 Å². The zero-order valence-electron chi connectivity index (χ0n) is 11.7. The van der Waals surface area contributed by atoms with E-state index in [4.69, 9.17) is 14.0 Å². The zero-order valence-corrected chi connectivity index (χ0v) is 11.7. The molecule has 0 saturated carbocycles. The second-order valence-electron chi connectivity index (χ2n) is 4.86. The summed E-state index contributed by atoms with van der Waals surface area (Å²) in [5.41, 5.74) is 0.995. The van der Waals surface area contributed by atoms with Gasteiger partial charge in [-0.25, -0.2) is 0 Å². The number of aryl methyl sites for hydroxylation is 1. The Morgan fingerprint density at radius 1 is 1.48 bits per heavy atom. The summed E-state index contributed by atoms with van der Waals surface area (Å²) in [5, 5.41) is 6.62. The molecule has 1 atom stereocenters. The number of amides is 1. The lowest BCUT2D eigenvalue weighted by molar-refractivity contribution is -0.124. The van der Waals surface area contributed by atoms with Gasteiger partial charge in [0, 0.05) is 18.1 Å². The highest BCUT2D eigenvalue weighted by Gasteiger charge is 2.22. The normalized spacial score (nSPS) is 16.7. The van der Waals surface area contributed by atoms with Crippen LogP contribution in [-0.4, -0.2) is 24.3 Å². The molecule has 0 bridgehead atoms. The van der Waals surface area contributed by atoms with Gasteiger partial charge in [-0.2, -0.15) is 0 Å². The summed E-state index contributed by atoms with van der Waals surface area (Å²) in [6.07, 6.45) is 0.742. The molecule has 2 aromatic rings. The minimum absolute atomic E-state index is 0.0508. The maximum absolute atomic E-state index is 12.0. The zero-order chi connectivity index (χ0) is 14.7. The maximum atomic E-state index is 12.0. The Bertz CT molecular complexity index is 638. The minimum Gasteiger partial charge on any atom is -0.493 e. The van der Waals surface area contributed by atoms with Gasteiger partial charge >= 0.3 is 0 Å². The third kappa shape index (κ3) is 3.16. The van der Waals surface area contributed by atoms with E-state index in [1.165, 1.54) is 0 Å². The van der Waals surface area contributed by atoms with E-state index in [-0.39, 0.29) is 18.6 Å². The molecule has 6 heteroatoms. The first-order valence-electron chi connectivity index (χ1n) is 6.79. The second kappa shape index (κ2) is 5.87. The molecule has 1 amide bonds. The van der Waals surface area contributed by atoms with Crippen LogP contribution in [0.25, 0.3) is 0 Å². The number of nitrogens with zero attached hydrogens (tertiary/aromatic N) is 1. The van der Waals surface area contributed by atoms with Crippen LogP contribution in [0.1, 0.15) is 23.8 Å². The summed E-state index contributed by atoms with van der Waals surface area (Å²) in [6.45, 7) is 2.26. The molecule has 0 aliphatic carbocycles. The van der Waals surface area contributed by atoms with Gasteiger partial charge in [0.05, 0.1) is 12.6 Å². The molecule has 0 saturated heterocycles. The van der Waals surface area contributed by atoms with Crippen molar-refractivity contribution in [2.75, 3.05) is 13.2 Å². The van der Waals surface area contributed by atoms with E-state index in [9.17, 15) is 4.79 Å². The van der Waals surface area contributed by atoms with Crippen molar-refractivity contribution >= 4 is 5.91 Å². The van der Waals surface area contributed by atoms with Gasteiger partial charge in [-0.1, -0.05) is 18.2 Å². The van der Waals surface area contributed by atoms with Crippen LogP contribution < -0.4 is 14.8 Å². The lowest BCUT2D eigenvalue weighted by atomic mass is 10.0. The highest BCUT2D eigenvalue weighted by Crippen LogP contribution is 2.31. The first-order chi connectivity index (χ1) is 10.2. The lowest BCUT2D eigenvalue weighted by Crippen LogP contribution is -2.35. The Morgan fingerprint density at radius 2 is 2.33 bits per heavy atom. The molecule has 0 fully saturated rings. The molecule has 0 spiro atoms. The van der Waals surface area contributed by atoms with Crippen LogP contribution in [0.3, 0.4) is 0 Å². The number of ether oxygens (including phenoxy) is 2.